The summed E-state index contributed by atoms with van der Waals surface area (Å²) in [7, 11) is 0. The Kier molecular flexibility index (Phi) is 5.11. The van der Waals surface area contributed by atoms with Crippen LogP contribution >= 0.6 is 0 Å². The Morgan fingerprint density at radius 2 is 2.11 bits per heavy atom. The fourth-order valence-corrected chi connectivity index (χ4v) is 1.90. The molecule has 1 amide bonds. The van der Waals surface area contributed by atoms with Gasteiger partial charge in [-0.1, -0.05) is 49.1 Å². The zero-order valence-electron chi connectivity index (χ0n) is 12.1. The molecule has 1 atom stereocenters. The van der Waals surface area contributed by atoms with Crippen LogP contribution in [0.4, 0.5) is 0 Å². The van der Waals surface area contributed by atoms with Gasteiger partial charge >= 0.3 is 0 Å². The van der Waals surface area contributed by atoms with Gasteiger partial charge in [-0.3, -0.25) is 4.79 Å². The van der Waals surface area contributed by atoms with E-state index in [4.69, 9.17) is 0 Å². The lowest BCUT2D eigenvalue weighted by atomic mass is 9.91. The van der Waals surface area contributed by atoms with Crippen molar-refractivity contribution in [1.29, 1.82) is 0 Å². The minimum absolute atomic E-state index is 0.0479. The van der Waals surface area contributed by atoms with Crippen molar-refractivity contribution in [2.45, 2.75) is 26.8 Å². The molecule has 1 heterocycles. The molecule has 1 aliphatic heterocycles. The topological polar surface area (TPSA) is 20.3 Å². The van der Waals surface area contributed by atoms with Crippen LogP contribution in [0.3, 0.4) is 0 Å². The smallest absolute Gasteiger partial charge is 0.233 e. The van der Waals surface area contributed by atoms with E-state index in [0.29, 0.717) is 6.54 Å². The van der Waals surface area contributed by atoms with E-state index in [1.165, 1.54) is 0 Å². The molecule has 0 unspecified atom stereocenters. The highest BCUT2D eigenvalue weighted by molar-refractivity contribution is 5.85. The van der Waals surface area contributed by atoms with Crippen molar-refractivity contribution in [1.82, 2.24) is 4.90 Å². The van der Waals surface area contributed by atoms with Gasteiger partial charge in [0.15, 0.2) is 0 Å². The second-order valence-corrected chi connectivity index (χ2v) is 5.22. The molecule has 0 saturated heterocycles. The number of hydrogen-bond acceptors (Lipinski definition) is 1. The van der Waals surface area contributed by atoms with Crippen molar-refractivity contribution < 1.29 is 4.79 Å². The third kappa shape index (κ3) is 3.57. The molecule has 0 aromatic rings. The lowest BCUT2D eigenvalue weighted by Gasteiger charge is -2.31. The van der Waals surface area contributed by atoms with E-state index in [1.807, 2.05) is 62.1 Å². The second kappa shape index (κ2) is 6.37. The SMILES string of the molecule is C=CC(C)(C)C(=O)N1CC=C[C@H]1C(=C)/C=C\C=C/C. The normalized spacial score (nSPS) is 19.5. The summed E-state index contributed by atoms with van der Waals surface area (Å²) in [5.41, 5.74) is 0.373. The fourth-order valence-electron chi connectivity index (χ4n) is 1.90. The van der Waals surface area contributed by atoms with Crippen molar-refractivity contribution in [2.24, 2.45) is 5.41 Å². The molecule has 0 bridgehead atoms. The Morgan fingerprint density at radius 3 is 2.68 bits per heavy atom. The standard InChI is InChI=1S/C17H23NO/c1-6-8-9-11-14(3)15-12-10-13-18(15)16(19)17(4,5)7-2/h6-12,15H,2-3,13H2,1,4-5H3/b8-6-,11-9-/t15-/m0/s1. The largest absolute Gasteiger partial charge is 0.328 e. The van der Waals surface area contributed by atoms with Crippen LogP contribution in [0, 0.1) is 5.41 Å². The molecule has 2 nitrogen and oxygen atoms in total. The second-order valence-electron chi connectivity index (χ2n) is 5.22. The van der Waals surface area contributed by atoms with Gasteiger partial charge < -0.3 is 4.90 Å². The minimum atomic E-state index is -0.544. The number of allylic oxidation sites excluding steroid dienone is 3. The third-order valence-electron chi connectivity index (χ3n) is 3.27. The van der Waals surface area contributed by atoms with Gasteiger partial charge in [-0.2, -0.15) is 0 Å². The van der Waals surface area contributed by atoms with Gasteiger partial charge in [0.05, 0.1) is 11.5 Å². The van der Waals surface area contributed by atoms with Crippen LogP contribution in [0.15, 0.2) is 61.3 Å². The van der Waals surface area contributed by atoms with Crippen LogP contribution in [0.2, 0.25) is 0 Å². The molecular formula is C17H23NO. The quantitative estimate of drug-likeness (QED) is 0.544. The highest BCUT2D eigenvalue weighted by Gasteiger charge is 2.34. The van der Waals surface area contributed by atoms with Crippen molar-refractivity contribution in [2.75, 3.05) is 6.54 Å². The number of carbonyl (C=O) groups excluding carboxylic acids is 1. The highest BCUT2D eigenvalue weighted by atomic mass is 16.2. The first-order chi connectivity index (χ1) is 8.94. The zero-order chi connectivity index (χ0) is 14.5. The van der Waals surface area contributed by atoms with E-state index in [-0.39, 0.29) is 11.9 Å². The number of rotatable bonds is 5. The molecule has 1 rings (SSSR count). The Morgan fingerprint density at radius 1 is 1.42 bits per heavy atom. The number of carbonyl (C=O) groups is 1. The number of nitrogens with zero attached hydrogens (tertiary/aromatic N) is 1. The molecule has 102 valence electrons. The summed E-state index contributed by atoms with van der Waals surface area (Å²) in [6, 6.07) is -0.0479. The van der Waals surface area contributed by atoms with Gasteiger partial charge in [-0.25, -0.2) is 0 Å². The van der Waals surface area contributed by atoms with Crippen LogP contribution in [-0.2, 0) is 4.79 Å². The Labute approximate surface area is 116 Å². The summed E-state index contributed by atoms with van der Waals surface area (Å²) in [6.45, 7) is 14.2. The number of amides is 1. The maximum absolute atomic E-state index is 12.5. The van der Waals surface area contributed by atoms with Crippen molar-refractivity contribution in [3.05, 3.63) is 61.3 Å². The van der Waals surface area contributed by atoms with E-state index in [0.717, 1.165) is 5.57 Å². The minimum Gasteiger partial charge on any atom is -0.328 e. The average Bonchev–Trinajstić information content (AvgIpc) is 2.87. The first kappa shape index (κ1) is 15.2. The summed E-state index contributed by atoms with van der Waals surface area (Å²) < 4.78 is 0. The molecule has 0 aromatic heterocycles. The Bertz CT molecular complexity index is 452. The van der Waals surface area contributed by atoms with Gasteiger partial charge in [-0.05, 0) is 26.3 Å². The predicted octanol–water partition coefficient (Wildman–Crippen LogP) is 3.65. The van der Waals surface area contributed by atoms with Gasteiger partial charge in [-0.15, -0.1) is 6.58 Å². The molecular weight excluding hydrogens is 234 g/mol. The molecule has 0 saturated carbocycles. The van der Waals surface area contributed by atoms with Crippen LogP contribution in [0.25, 0.3) is 0 Å². The van der Waals surface area contributed by atoms with E-state index < -0.39 is 5.41 Å². The summed E-state index contributed by atoms with van der Waals surface area (Å²) >= 11 is 0. The monoisotopic (exact) mass is 257 g/mol. The molecule has 19 heavy (non-hydrogen) atoms. The molecule has 2 heteroatoms. The maximum Gasteiger partial charge on any atom is 0.233 e. The third-order valence-corrected chi connectivity index (χ3v) is 3.27. The molecule has 0 spiro atoms. The summed E-state index contributed by atoms with van der Waals surface area (Å²) in [4.78, 5) is 14.3. The summed E-state index contributed by atoms with van der Waals surface area (Å²) in [6.07, 6.45) is 13.5. The molecule has 0 radical (unpaired) electrons. The predicted molar refractivity (Wildman–Crippen MR) is 81.7 cm³/mol. The molecule has 1 aliphatic rings. The van der Waals surface area contributed by atoms with Gasteiger partial charge in [0.1, 0.15) is 0 Å². The van der Waals surface area contributed by atoms with Crippen LogP contribution in [0.5, 0.6) is 0 Å². The molecule has 0 fully saturated rings. The van der Waals surface area contributed by atoms with Crippen molar-refractivity contribution in [3.8, 4) is 0 Å². The highest BCUT2D eigenvalue weighted by Crippen LogP contribution is 2.26. The average molecular weight is 257 g/mol. The van der Waals surface area contributed by atoms with E-state index in [1.54, 1.807) is 6.08 Å². The van der Waals surface area contributed by atoms with E-state index >= 15 is 0 Å². The van der Waals surface area contributed by atoms with Crippen molar-refractivity contribution >= 4 is 5.91 Å². The lowest BCUT2D eigenvalue weighted by Crippen LogP contribution is -2.43. The fraction of sp³-hybridized carbons (Fsp3) is 0.353. The van der Waals surface area contributed by atoms with Crippen LogP contribution < -0.4 is 0 Å². The van der Waals surface area contributed by atoms with E-state index in [2.05, 4.69) is 13.2 Å². The maximum atomic E-state index is 12.5. The Hall–Kier alpha value is -1.83. The van der Waals surface area contributed by atoms with Crippen LogP contribution in [-0.4, -0.2) is 23.4 Å². The Balaban J connectivity index is 2.84. The van der Waals surface area contributed by atoms with Crippen molar-refractivity contribution in [3.63, 3.8) is 0 Å². The summed E-state index contributed by atoms with van der Waals surface area (Å²) in [5.74, 6) is 0.0816. The molecule has 0 aromatic carbocycles. The first-order valence-electron chi connectivity index (χ1n) is 6.53. The first-order valence-corrected chi connectivity index (χ1v) is 6.53. The molecule has 0 aliphatic carbocycles. The van der Waals surface area contributed by atoms with Gasteiger partial charge in [0.25, 0.3) is 0 Å². The molecule has 0 N–H and O–H groups in total. The van der Waals surface area contributed by atoms with Gasteiger partial charge in [0.2, 0.25) is 5.91 Å². The van der Waals surface area contributed by atoms with E-state index in [9.17, 15) is 4.79 Å². The van der Waals surface area contributed by atoms with Gasteiger partial charge in [0, 0.05) is 6.54 Å². The zero-order valence-corrected chi connectivity index (χ0v) is 12.1. The van der Waals surface area contributed by atoms with Crippen LogP contribution in [0.1, 0.15) is 20.8 Å². The summed E-state index contributed by atoms with van der Waals surface area (Å²) in [5, 5.41) is 0. The number of hydrogen-bond donors (Lipinski definition) is 0. The lowest BCUT2D eigenvalue weighted by molar-refractivity contribution is -0.137.